The van der Waals surface area contributed by atoms with Crippen LogP contribution >= 0.6 is 0 Å². The summed E-state index contributed by atoms with van der Waals surface area (Å²) >= 11 is 0. The Balaban J connectivity index is 1.18. The van der Waals surface area contributed by atoms with Crippen LogP contribution in [0.1, 0.15) is 67.9 Å². The summed E-state index contributed by atoms with van der Waals surface area (Å²) in [7, 11) is -1.63. The number of aryl methyl sites for hydroxylation is 7. The number of hydrogen-bond acceptors (Lipinski definition) is 5. The molecule has 0 aliphatic carbocycles. The van der Waals surface area contributed by atoms with Gasteiger partial charge in [-0.3, -0.25) is 4.98 Å². The smallest absolute Gasteiger partial charge is 0.423 e. The SMILES string of the molecule is Cc1ccc(C)n1-c1cc(/C(=C/c2ccc(Cc3ccc(C)n3-c3cc(B(O)O)cc(-n4c(C)ccc4C)n3)cc2)c2ccccn2)cc(-n2c(C)ccc2C)n1. The number of benzene rings is 1. The molecule has 0 spiro atoms. The van der Waals surface area contributed by atoms with Gasteiger partial charge >= 0.3 is 7.12 Å². The van der Waals surface area contributed by atoms with Gasteiger partial charge < -0.3 is 28.3 Å². The third-order valence-corrected chi connectivity index (χ3v) is 10.7. The minimum absolute atomic E-state index is 0.382. The van der Waals surface area contributed by atoms with Gasteiger partial charge in [0.1, 0.15) is 23.3 Å². The maximum absolute atomic E-state index is 10.3. The number of aromatic nitrogens is 7. The van der Waals surface area contributed by atoms with Crippen LogP contribution in [0.25, 0.3) is 34.9 Å². The second kappa shape index (κ2) is 15.2. The van der Waals surface area contributed by atoms with Crippen LogP contribution in [0.2, 0.25) is 0 Å². The Morgan fingerprint density at radius 3 is 1.47 bits per heavy atom. The third-order valence-electron chi connectivity index (χ3n) is 10.7. The Kier molecular flexibility index (Phi) is 9.99. The molecule has 0 atom stereocenters. The zero-order chi connectivity index (χ0) is 40.0. The van der Waals surface area contributed by atoms with Crippen molar-refractivity contribution in [2.45, 2.75) is 54.9 Å². The molecular formula is C47H46BN7O2. The summed E-state index contributed by atoms with van der Waals surface area (Å²) in [5.41, 5.74) is 14.0. The molecule has 0 unspecified atom stereocenters. The molecule has 8 aromatic rings. The van der Waals surface area contributed by atoms with E-state index < -0.39 is 7.12 Å². The van der Waals surface area contributed by atoms with Crippen molar-refractivity contribution in [2.24, 2.45) is 0 Å². The van der Waals surface area contributed by atoms with Gasteiger partial charge in [-0.05, 0) is 162 Å². The number of hydrogen-bond donors (Lipinski definition) is 2. The Bertz CT molecular complexity index is 2640. The first-order chi connectivity index (χ1) is 27.4. The molecule has 57 heavy (non-hydrogen) atoms. The predicted octanol–water partition coefficient (Wildman–Crippen LogP) is 8.05. The van der Waals surface area contributed by atoms with Crippen LogP contribution in [0.3, 0.4) is 0 Å². The Morgan fingerprint density at radius 2 is 1.00 bits per heavy atom. The van der Waals surface area contributed by atoms with Gasteiger partial charge in [0, 0.05) is 63.7 Å². The highest BCUT2D eigenvalue weighted by Gasteiger charge is 2.20. The fourth-order valence-corrected chi connectivity index (χ4v) is 7.87. The van der Waals surface area contributed by atoms with E-state index in [2.05, 4.69) is 126 Å². The maximum atomic E-state index is 10.3. The normalized spacial score (nSPS) is 11.8. The highest BCUT2D eigenvalue weighted by molar-refractivity contribution is 6.58. The summed E-state index contributed by atoms with van der Waals surface area (Å²) in [6, 6.07) is 39.2. The molecule has 9 nitrogen and oxygen atoms in total. The fraction of sp³-hybridized carbons (Fsp3) is 0.170. The standard InChI is InChI=1S/C47H46BN7O2/c1-30-11-12-31(2)52(30)44-26-39(27-45(50-44)53-32(3)13-14-33(53)4)42(43-10-8-9-23-49-43)25-38-20-18-37(19-21-38)24-41-22-17-36(7)55(41)47-29-40(48(56)57)28-46(51-47)54-34(5)15-16-35(54)6/h8-23,25-29,56-57H,24H2,1-7H3/b42-25-. The lowest BCUT2D eigenvalue weighted by Crippen LogP contribution is -2.31. The van der Waals surface area contributed by atoms with Crippen LogP contribution in [-0.2, 0) is 6.42 Å². The van der Waals surface area contributed by atoms with Gasteiger partial charge in [-0.1, -0.05) is 30.3 Å². The second-order valence-corrected chi connectivity index (χ2v) is 14.9. The summed E-state index contributed by atoms with van der Waals surface area (Å²) in [6.07, 6.45) is 4.69. The fourth-order valence-electron chi connectivity index (χ4n) is 7.87. The van der Waals surface area contributed by atoms with Crippen molar-refractivity contribution in [3.05, 3.63) is 189 Å². The zero-order valence-electron chi connectivity index (χ0n) is 33.4. The van der Waals surface area contributed by atoms with E-state index in [1.165, 1.54) is 0 Å². The van der Waals surface area contributed by atoms with Gasteiger partial charge in [-0.15, -0.1) is 0 Å². The summed E-state index contributed by atoms with van der Waals surface area (Å²) in [4.78, 5) is 15.1. The molecule has 10 heteroatoms. The Hall–Kier alpha value is -6.49. The van der Waals surface area contributed by atoms with Gasteiger partial charge in [0.05, 0.1) is 5.69 Å². The maximum Gasteiger partial charge on any atom is 0.488 e. The van der Waals surface area contributed by atoms with E-state index in [4.69, 9.17) is 15.0 Å². The average Bonchev–Trinajstić information content (AvgIpc) is 3.95. The van der Waals surface area contributed by atoms with Gasteiger partial charge in [0.25, 0.3) is 0 Å². The van der Waals surface area contributed by atoms with Crippen molar-refractivity contribution in [1.29, 1.82) is 0 Å². The van der Waals surface area contributed by atoms with E-state index in [9.17, 15) is 10.0 Å². The minimum Gasteiger partial charge on any atom is -0.423 e. The molecular weight excluding hydrogens is 705 g/mol. The van der Waals surface area contributed by atoms with Crippen LogP contribution in [0.5, 0.6) is 0 Å². The first-order valence-corrected chi connectivity index (χ1v) is 19.2. The topological polar surface area (TPSA) is 98.9 Å². The van der Waals surface area contributed by atoms with E-state index in [0.29, 0.717) is 23.5 Å². The van der Waals surface area contributed by atoms with Gasteiger partial charge in [-0.25, -0.2) is 9.97 Å². The van der Waals surface area contributed by atoms with Gasteiger partial charge in [0.2, 0.25) is 0 Å². The second-order valence-electron chi connectivity index (χ2n) is 14.9. The predicted molar refractivity (Wildman–Crippen MR) is 229 cm³/mol. The van der Waals surface area contributed by atoms with Crippen molar-refractivity contribution < 1.29 is 10.0 Å². The summed E-state index contributed by atoms with van der Waals surface area (Å²) < 4.78 is 8.52. The molecule has 7 aromatic heterocycles. The van der Waals surface area contributed by atoms with Crippen molar-refractivity contribution in [2.75, 3.05) is 0 Å². The minimum atomic E-state index is -1.63. The van der Waals surface area contributed by atoms with E-state index >= 15 is 0 Å². The first kappa shape index (κ1) is 37.4. The molecule has 8 rings (SSSR count). The Labute approximate surface area is 334 Å². The van der Waals surface area contributed by atoms with Crippen molar-refractivity contribution >= 4 is 24.2 Å². The highest BCUT2D eigenvalue weighted by Crippen LogP contribution is 2.30. The summed E-state index contributed by atoms with van der Waals surface area (Å²) in [5.74, 6) is 2.97. The van der Waals surface area contributed by atoms with Crippen molar-refractivity contribution in [3.63, 3.8) is 0 Å². The highest BCUT2D eigenvalue weighted by atomic mass is 16.4. The molecule has 0 bridgehead atoms. The molecule has 0 saturated carbocycles. The molecule has 0 amide bonds. The van der Waals surface area contributed by atoms with Crippen LogP contribution in [0.15, 0.2) is 121 Å². The lowest BCUT2D eigenvalue weighted by atomic mass is 9.81. The molecule has 7 heterocycles. The largest absolute Gasteiger partial charge is 0.488 e. The van der Waals surface area contributed by atoms with Crippen molar-refractivity contribution in [3.8, 4) is 23.3 Å². The zero-order valence-corrected chi connectivity index (χ0v) is 33.4. The first-order valence-electron chi connectivity index (χ1n) is 19.2. The number of nitrogens with zero attached hydrogens (tertiary/aromatic N) is 7. The molecule has 2 N–H and O–H groups in total. The lowest BCUT2D eigenvalue weighted by Gasteiger charge is -2.17. The van der Waals surface area contributed by atoms with Gasteiger partial charge in [0.15, 0.2) is 0 Å². The van der Waals surface area contributed by atoms with Crippen LogP contribution < -0.4 is 5.46 Å². The monoisotopic (exact) mass is 751 g/mol. The number of rotatable bonds is 10. The Morgan fingerprint density at radius 1 is 0.544 bits per heavy atom. The summed E-state index contributed by atoms with van der Waals surface area (Å²) in [6.45, 7) is 14.5. The number of pyridine rings is 3. The molecule has 0 saturated heterocycles. The van der Waals surface area contributed by atoms with Crippen molar-refractivity contribution in [1.82, 2.24) is 33.2 Å². The van der Waals surface area contributed by atoms with Gasteiger partial charge in [-0.2, -0.15) is 0 Å². The van der Waals surface area contributed by atoms with E-state index in [1.54, 1.807) is 12.1 Å². The third kappa shape index (κ3) is 7.33. The quantitative estimate of drug-likeness (QED) is 0.138. The molecule has 0 aliphatic rings. The average molecular weight is 752 g/mol. The molecule has 0 aliphatic heterocycles. The van der Waals surface area contributed by atoms with E-state index in [1.807, 2.05) is 55.8 Å². The van der Waals surface area contributed by atoms with Crippen LogP contribution in [0.4, 0.5) is 0 Å². The van der Waals surface area contributed by atoms with Crippen LogP contribution in [-0.4, -0.2) is 50.4 Å². The van der Waals surface area contributed by atoms with Crippen LogP contribution in [0, 0.1) is 48.5 Å². The molecule has 284 valence electrons. The molecule has 0 radical (unpaired) electrons. The lowest BCUT2D eigenvalue weighted by molar-refractivity contribution is 0.425. The van der Waals surface area contributed by atoms with E-state index in [0.717, 1.165) is 85.1 Å². The van der Waals surface area contributed by atoms with E-state index in [-0.39, 0.29) is 0 Å². The molecule has 0 fully saturated rings. The molecule has 1 aromatic carbocycles. The summed E-state index contributed by atoms with van der Waals surface area (Å²) in [5, 5.41) is 20.5.